The van der Waals surface area contributed by atoms with Crippen LogP contribution in [-0.4, -0.2) is 0 Å². The lowest BCUT2D eigenvalue weighted by Crippen LogP contribution is -1.86. The lowest BCUT2D eigenvalue weighted by atomic mass is 10.2. The number of nitriles is 1. The molecule has 0 saturated carbocycles. The van der Waals surface area contributed by atoms with E-state index in [1.807, 2.05) is 24.3 Å². The summed E-state index contributed by atoms with van der Waals surface area (Å²) in [7, 11) is 0. The van der Waals surface area contributed by atoms with Crippen LogP contribution in [0, 0.1) is 11.3 Å². The van der Waals surface area contributed by atoms with Crippen molar-refractivity contribution in [3.8, 4) is 6.07 Å². The van der Waals surface area contributed by atoms with Crippen LogP contribution in [0.25, 0.3) is 0 Å². The van der Waals surface area contributed by atoms with Gasteiger partial charge in [-0.3, -0.25) is 0 Å². The van der Waals surface area contributed by atoms with Crippen LogP contribution in [0.15, 0.2) is 52.3 Å². The summed E-state index contributed by atoms with van der Waals surface area (Å²) in [5.41, 5.74) is 6.96. The van der Waals surface area contributed by atoms with Gasteiger partial charge in [0.2, 0.25) is 0 Å². The van der Waals surface area contributed by atoms with Crippen molar-refractivity contribution in [3.63, 3.8) is 0 Å². The van der Waals surface area contributed by atoms with Crippen LogP contribution < -0.4 is 5.73 Å². The lowest BCUT2D eigenvalue weighted by molar-refractivity contribution is 1.39. The predicted molar refractivity (Wildman–Crippen MR) is 71.1 cm³/mol. The monoisotopic (exact) mass is 260 g/mol. The first-order valence-corrected chi connectivity index (χ1v) is 6.11. The highest BCUT2D eigenvalue weighted by molar-refractivity contribution is 7.99. The average Bonchev–Trinajstić information content (AvgIpc) is 2.35. The second-order valence-electron chi connectivity index (χ2n) is 3.42. The highest BCUT2D eigenvalue weighted by Gasteiger charge is 2.01. The van der Waals surface area contributed by atoms with Crippen molar-refractivity contribution in [1.82, 2.24) is 0 Å². The molecule has 0 atom stereocenters. The van der Waals surface area contributed by atoms with Crippen molar-refractivity contribution in [2.75, 3.05) is 5.73 Å². The molecule has 4 heteroatoms. The Morgan fingerprint density at radius 3 is 2.29 bits per heavy atom. The van der Waals surface area contributed by atoms with Crippen LogP contribution in [0.1, 0.15) is 5.56 Å². The predicted octanol–water partition coefficient (Wildman–Crippen LogP) is 3.95. The van der Waals surface area contributed by atoms with Crippen molar-refractivity contribution >= 4 is 29.1 Å². The third-order valence-corrected chi connectivity index (χ3v) is 3.53. The zero-order chi connectivity index (χ0) is 12.3. The van der Waals surface area contributed by atoms with Crippen molar-refractivity contribution in [3.05, 3.63) is 53.1 Å². The van der Waals surface area contributed by atoms with E-state index in [4.69, 9.17) is 22.6 Å². The Morgan fingerprint density at radius 2 is 1.71 bits per heavy atom. The van der Waals surface area contributed by atoms with Gasteiger partial charge in [0.1, 0.15) is 0 Å². The minimum Gasteiger partial charge on any atom is -0.397 e. The molecule has 0 aliphatic rings. The normalized spacial score (nSPS) is 9.88. The van der Waals surface area contributed by atoms with Gasteiger partial charge in [0.15, 0.2) is 0 Å². The summed E-state index contributed by atoms with van der Waals surface area (Å²) in [5, 5.41) is 9.26. The quantitative estimate of drug-likeness (QED) is 0.832. The molecule has 0 amide bonds. The van der Waals surface area contributed by atoms with E-state index in [0.29, 0.717) is 16.3 Å². The molecule has 0 aliphatic carbocycles. The zero-order valence-electron chi connectivity index (χ0n) is 8.85. The molecule has 0 unspecified atom stereocenters. The maximum absolute atomic E-state index is 8.70. The van der Waals surface area contributed by atoms with Crippen molar-refractivity contribution in [1.29, 1.82) is 5.26 Å². The highest BCUT2D eigenvalue weighted by Crippen LogP contribution is 2.31. The summed E-state index contributed by atoms with van der Waals surface area (Å²) in [6.07, 6.45) is 0. The molecule has 0 spiro atoms. The Morgan fingerprint density at radius 1 is 1.06 bits per heavy atom. The largest absolute Gasteiger partial charge is 0.397 e. The van der Waals surface area contributed by atoms with Gasteiger partial charge in [0.05, 0.1) is 22.3 Å². The molecule has 0 saturated heterocycles. The number of benzene rings is 2. The fourth-order valence-corrected chi connectivity index (χ4v) is 2.30. The molecule has 2 rings (SSSR count). The van der Waals surface area contributed by atoms with E-state index in [1.54, 1.807) is 30.0 Å². The summed E-state index contributed by atoms with van der Waals surface area (Å²) in [5.74, 6) is 0. The van der Waals surface area contributed by atoms with Gasteiger partial charge in [-0.05, 0) is 42.5 Å². The Kier molecular flexibility index (Phi) is 3.58. The first-order chi connectivity index (χ1) is 8.19. The van der Waals surface area contributed by atoms with Crippen molar-refractivity contribution in [2.45, 2.75) is 9.79 Å². The van der Waals surface area contributed by atoms with Crippen LogP contribution in [0.5, 0.6) is 0 Å². The van der Waals surface area contributed by atoms with Gasteiger partial charge in [0.25, 0.3) is 0 Å². The van der Waals surface area contributed by atoms with E-state index in [9.17, 15) is 0 Å². The number of halogens is 1. The fraction of sp³-hybridized carbons (Fsp3) is 0. The van der Waals surface area contributed by atoms with Crippen LogP contribution in [-0.2, 0) is 0 Å². The number of anilines is 1. The molecule has 2 aromatic carbocycles. The van der Waals surface area contributed by atoms with Gasteiger partial charge in [-0.1, -0.05) is 23.4 Å². The number of rotatable bonds is 2. The zero-order valence-corrected chi connectivity index (χ0v) is 10.4. The Balaban J connectivity index is 2.20. The van der Waals surface area contributed by atoms with E-state index in [2.05, 4.69) is 6.07 Å². The molecule has 2 N–H and O–H groups in total. The molecular formula is C13H9ClN2S. The molecule has 0 fully saturated rings. The Hall–Kier alpha value is -1.63. The van der Waals surface area contributed by atoms with Crippen LogP contribution in [0.3, 0.4) is 0 Å². The topological polar surface area (TPSA) is 49.8 Å². The third kappa shape index (κ3) is 2.94. The molecule has 0 aliphatic heterocycles. The molecule has 0 aromatic heterocycles. The summed E-state index contributed by atoms with van der Waals surface area (Å²) >= 11 is 7.43. The van der Waals surface area contributed by atoms with E-state index >= 15 is 0 Å². The maximum atomic E-state index is 8.70. The van der Waals surface area contributed by atoms with E-state index < -0.39 is 0 Å². The molecule has 0 radical (unpaired) electrons. The molecule has 84 valence electrons. The van der Waals surface area contributed by atoms with Gasteiger partial charge >= 0.3 is 0 Å². The molecule has 2 nitrogen and oxygen atoms in total. The second-order valence-corrected chi connectivity index (χ2v) is 4.98. The van der Waals surface area contributed by atoms with Crippen molar-refractivity contribution < 1.29 is 0 Å². The minimum atomic E-state index is 0.564. The number of nitrogens with two attached hydrogens (primary N) is 1. The molecule has 2 aromatic rings. The van der Waals surface area contributed by atoms with Crippen molar-refractivity contribution in [2.24, 2.45) is 0 Å². The summed E-state index contributed by atoms with van der Waals surface area (Å²) < 4.78 is 0. The second kappa shape index (κ2) is 5.13. The number of nitrogens with zero attached hydrogens (tertiary/aromatic N) is 1. The summed E-state index contributed by atoms with van der Waals surface area (Å²) in [6.45, 7) is 0. The first-order valence-electron chi connectivity index (χ1n) is 4.92. The van der Waals surface area contributed by atoms with E-state index in [-0.39, 0.29) is 0 Å². The van der Waals surface area contributed by atoms with Gasteiger partial charge < -0.3 is 5.73 Å². The molecule has 0 bridgehead atoms. The summed E-state index contributed by atoms with van der Waals surface area (Å²) in [6, 6.07) is 15.0. The molecule has 0 heterocycles. The maximum Gasteiger partial charge on any atom is 0.0991 e. The highest BCUT2D eigenvalue weighted by atomic mass is 35.5. The standard InChI is InChI=1S/C13H9ClN2S/c14-12-6-5-11(7-13(12)16)17-10-3-1-9(8-15)2-4-10/h1-7H,16H2. The van der Waals surface area contributed by atoms with Crippen LogP contribution >= 0.6 is 23.4 Å². The number of hydrogen-bond donors (Lipinski definition) is 1. The van der Waals surface area contributed by atoms with Crippen LogP contribution in [0.2, 0.25) is 5.02 Å². The fourth-order valence-electron chi connectivity index (χ4n) is 1.32. The van der Waals surface area contributed by atoms with Gasteiger partial charge in [-0.25, -0.2) is 0 Å². The molecule has 17 heavy (non-hydrogen) atoms. The third-order valence-electron chi connectivity index (χ3n) is 2.19. The Bertz CT molecular complexity index is 573. The van der Waals surface area contributed by atoms with Gasteiger partial charge in [-0.2, -0.15) is 5.26 Å². The minimum absolute atomic E-state index is 0.564. The average molecular weight is 261 g/mol. The molecular weight excluding hydrogens is 252 g/mol. The van der Waals surface area contributed by atoms with Gasteiger partial charge in [0, 0.05) is 9.79 Å². The smallest absolute Gasteiger partial charge is 0.0991 e. The number of hydrogen-bond acceptors (Lipinski definition) is 3. The van der Waals surface area contributed by atoms with E-state index in [0.717, 1.165) is 9.79 Å². The lowest BCUT2D eigenvalue weighted by Gasteiger charge is -2.04. The van der Waals surface area contributed by atoms with Crippen LogP contribution in [0.4, 0.5) is 5.69 Å². The first kappa shape index (κ1) is 11.8. The Labute approximate surface area is 109 Å². The van der Waals surface area contributed by atoms with Gasteiger partial charge in [-0.15, -0.1) is 0 Å². The number of nitrogen functional groups attached to an aromatic ring is 1. The van der Waals surface area contributed by atoms with E-state index in [1.165, 1.54) is 0 Å². The summed E-state index contributed by atoms with van der Waals surface area (Å²) in [4.78, 5) is 2.09. The SMILES string of the molecule is N#Cc1ccc(Sc2ccc(Cl)c(N)c2)cc1.